The van der Waals surface area contributed by atoms with Gasteiger partial charge in [-0.25, -0.2) is 9.59 Å². The largest absolute Gasteiger partial charge is 2.00 e. The Morgan fingerprint density at radius 2 is 0.870 bits per heavy atom. The van der Waals surface area contributed by atoms with Crippen molar-refractivity contribution in [1.29, 1.82) is 0 Å². The Bertz CT molecular complexity index is 267. The topological polar surface area (TPSA) is 127 Å². The first-order valence-electron chi connectivity index (χ1n) is 4.81. The van der Waals surface area contributed by atoms with E-state index in [4.69, 9.17) is 31.3 Å². The average Bonchev–Trinajstić information content (AvgIpc) is 2.25. The van der Waals surface area contributed by atoms with Gasteiger partial charge in [-0.3, -0.25) is 0 Å². The molecule has 0 aromatic carbocycles. The van der Waals surface area contributed by atoms with E-state index in [2.05, 4.69) is 0 Å². The van der Waals surface area contributed by atoms with Crippen LogP contribution in [0, 0.1) is 0 Å². The number of carboxylic acid groups (broad SMARTS) is 2. The molecule has 0 spiro atoms. The molecule has 0 saturated heterocycles. The number of alkyl halides is 6. The van der Waals surface area contributed by atoms with Crippen LogP contribution in [0.2, 0.25) is 0 Å². The van der Waals surface area contributed by atoms with Crippen molar-refractivity contribution in [3.05, 3.63) is 0 Å². The summed E-state index contributed by atoms with van der Waals surface area (Å²) in [5.41, 5.74) is 10.3. The number of rotatable bonds is 3. The molecule has 6 nitrogen and oxygen atoms in total. The summed E-state index contributed by atoms with van der Waals surface area (Å²) in [6.07, 6.45) is -8.03. The zero-order chi connectivity index (χ0) is 17.0. The van der Waals surface area contributed by atoms with Crippen molar-refractivity contribution in [2.45, 2.75) is 25.2 Å². The molecule has 0 amide bonds. The quantitative estimate of drug-likeness (QED) is 0.195. The van der Waals surface area contributed by atoms with Crippen LogP contribution in [-0.2, 0) is 30.7 Å². The summed E-state index contributed by atoms with van der Waals surface area (Å²) in [5, 5.41) is 14.2. The summed E-state index contributed by atoms with van der Waals surface area (Å²) in [5.74, 6) is -5.51. The van der Waals surface area contributed by atoms with Crippen LogP contribution in [0.3, 0.4) is 0 Å². The Morgan fingerprint density at radius 3 is 0.913 bits per heavy atom. The molecule has 0 unspecified atom stereocenters. The van der Waals surface area contributed by atoms with Gasteiger partial charge in [-0.05, 0) is 25.9 Å². The van der Waals surface area contributed by atoms with Gasteiger partial charge in [0.15, 0.2) is 0 Å². The first-order chi connectivity index (χ1) is 8.80. The van der Waals surface area contributed by atoms with Crippen LogP contribution < -0.4 is 36.3 Å². The van der Waals surface area contributed by atoms with E-state index < -0.39 is 24.3 Å². The normalized spacial score (nSPS) is 9.22. The molecule has 0 saturated carbocycles. The molecule has 0 aliphatic carbocycles. The summed E-state index contributed by atoms with van der Waals surface area (Å²) < 4.78 is 63.5. The van der Waals surface area contributed by atoms with Crippen molar-refractivity contribution < 1.29 is 92.0 Å². The van der Waals surface area contributed by atoms with Crippen molar-refractivity contribution in [1.82, 2.24) is 0 Å². The fraction of sp³-hybridized carbons (Fsp3) is 0.750. The van der Waals surface area contributed by atoms with Gasteiger partial charge in [-0.1, -0.05) is 0 Å². The van der Waals surface area contributed by atoms with Gasteiger partial charge in [-0.15, -0.1) is 0 Å². The van der Waals surface area contributed by atoms with Crippen molar-refractivity contribution in [3.8, 4) is 0 Å². The maximum atomic E-state index is 10.6. The first kappa shape index (κ1) is 38.3. The molecule has 0 heterocycles. The minimum absolute atomic E-state index is 0. The van der Waals surface area contributed by atoms with E-state index in [1.165, 1.54) is 0 Å². The number of carboxylic acids is 2. The summed E-state index contributed by atoms with van der Waals surface area (Å²) in [6, 6.07) is 0. The van der Waals surface area contributed by atoms with Gasteiger partial charge in [0.2, 0.25) is 0 Å². The van der Waals surface area contributed by atoms with Gasteiger partial charge in [0.05, 0.1) is 0 Å². The minimum Gasteiger partial charge on any atom is -1.00 e. The van der Waals surface area contributed by atoms with Crippen LogP contribution in [0.15, 0.2) is 0 Å². The van der Waals surface area contributed by atoms with E-state index in [-0.39, 0.29) is 45.9 Å². The standard InChI is InChI=1S/C4H12N2.2C2HF3O2.2ClH.Pt/c5-3-1-2-4-6;2*3-2(4,5)1(6)7;;;/h1-6H2;2*(H,6,7);2*1H;/q;;;;;+2/p-2. The molecule has 146 valence electrons. The molecule has 0 aliphatic rings. The average molecular weight is 582 g/mol. The van der Waals surface area contributed by atoms with Gasteiger partial charge >= 0.3 is 45.4 Å². The molecule has 0 fully saturated rings. The molecule has 0 bridgehead atoms. The number of nitrogens with two attached hydrogens (primary N) is 2. The molecule has 15 heteroatoms. The van der Waals surface area contributed by atoms with E-state index in [1.807, 2.05) is 0 Å². The predicted molar refractivity (Wildman–Crippen MR) is 54.7 cm³/mol. The fourth-order valence-electron chi connectivity index (χ4n) is 0.289. The maximum Gasteiger partial charge on any atom is 2.00 e. The molecule has 0 radical (unpaired) electrons. The molecule has 0 aliphatic heterocycles. The van der Waals surface area contributed by atoms with Crippen molar-refractivity contribution in [2.24, 2.45) is 11.5 Å². The Labute approximate surface area is 154 Å². The molecule has 0 aromatic rings. The van der Waals surface area contributed by atoms with E-state index >= 15 is 0 Å². The number of halogens is 8. The van der Waals surface area contributed by atoms with Crippen LogP contribution in [-0.4, -0.2) is 47.6 Å². The van der Waals surface area contributed by atoms with Crippen molar-refractivity contribution >= 4 is 11.9 Å². The number of aliphatic carboxylic acids is 2. The van der Waals surface area contributed by atoms with E-state index in [0.717, 1.165) is 25.9 Å². The van der Waals surface area contributed by atoms with Crippen LogP contribution in [0.4, 0.5) is 26.3 Å². The van der Waals surface area contributed by atoms with Gasteiger partial charge in [0.1, 0.15) is 0 Å². The summed E-state index contributed by atoms with van der Waals surface area (Å²) in [4.78, 5) is 17.8. The van der Waals surface area contributed by atoms with E-state index in [1.54, 1.807) is 0 Å². The number of hydrogen-bond donors (Lipinski definition) is 4. The van der Waals surface area contributed by atoms with Gasteiger partial charge < -0.3 is 46.5 Å². The first-order valence-corrected chi connectivity index (χ1v) is 4.81. The van der Waals surface area contributed by atoms with Gasteiger partial charge in [0, 0.05) is 0 Å². The predicted octanol–water partition coefficient (Wildman–Crippen LogP) is -5.04. The summed E-state index contributed by atoms with van der Waals surface area (Å²) >= 11 is 0. The zero-order valence-corrected chi connectivity index (χ0v) is 14.8. The molecular formula is C8H14Cl2F6N2O4Pt. The summed E-state index contributed by atoms with van der Waals surface area (Å²) in [7, 11) is 0. The van der Waals surface area contributed by atoms with Crippen LogP contribution in [0.25, 0.3) is 0 Å². The third-order valence-corrected chi connectivity index (χ3v) is 1.14. The smallest absolute Gasteiger partial charge is 1.00 e. The van der Waals surface area contributed by atoms with Crippen LogP contribution >= 0.6 is 0 Å². The van der Waals surface area contributed by atoms with Gasteiger partial charge in [0.25, 0.3) is 0 Å². The van der Waals surface area contributed by atoms with Crippen LogP contribution in [0.5, 0.6) is 0 Å². The fourth-order valence-corrected chi connectivity index (χ4v) is 0.289. The number of hydrogen-bond acceptors (Lipinski definition) is 4. The van der Waals surface area contributed by atoms with Crippen molar-refractivity contribution in [3.63, 3.8) is 0 Å². The Morgan fingerprint density at radius 1 is 0.739 bits per heavy atom. The second-order valence-corrected chi connectivity index (χ2v) is 2.89. The molecule has 0 aromatic heterocycles. The molecule has 23 heavy (non-hydrogen) atoms. The minimum atomic E-state index is -5.08. The number of carbonyl (C=O) groups is 2. The second kappa shape index (κ2) is 19.8. The Balaban J connectivity index is -0.0000000444. The molecule has 0 rings (SSSR count). The monoisotopic (exact) mass is 581 g/mol. The zero-order valence-electron chi connectivity index (χ0n) is 11.0. The molecular weight excluding hydrogens is 568 g/mol. The Hall–Kier alpha value is -0.292. The van der Waals surface area contributed by atoms with Crippen LogP contribution in [0.1, 0.15) is 12.8 Å². The molecule has 6 N–H and O–H groups in total. The second-order valence-electron chi connectivity index (χ2n) is 2.89. The molecule has 0 atom stereocenters. The number of unbranched alkanes of at least 4 members (excludes halogenated alkanes) is 1. The summed E-state index contributed by atoms with van der Waals surface area (Å²) in [6.45, 7) is 1.55. The van der Waals surface area contributed by atoms with Crippen molar-refractivity contribution in [2.75, 3.05) is 13.1 Å². The SMILES string of the molecule is NCCCCN.O=C(O)C(F)(F)F.O=C(O)C(F)(F)F.[Cl-].[Cl-].[Pt+2]. The third-order valence-electron chi connectivity index (χ3n) is 1.14. The Kier molecular flexibility index (Phi) is 32.9. The van der Waals surface area contributed by atoms with E-state index in [9.17, 15) is 26.3 Å². The van der Waals surface area contributed by atoms with E-state index in [0.29, 0.717) is 0 Å². The van der Waals surface area contributed by atoms with Gasteiger partial charge in [-0.2, -0.15) is 26.3 Å². The third kappa shape index (κ3) is 39.0. The maximum absolute atomic E-state index is 10.6.